The molecule has 1 aromatic carbocycles. The van der Waals surface area contributed by atoms with Gasteiger partial charge in [-0.25, -0.2) is 0 Å². The average Bonchev–Trinajstić information content (AvgIpc) is 3.10. The summed E-state index contributed by atoms with van der Waals surface area (Å²) in [6.07, 6.45) is 3.17. The van der Waals surface area contributed by atoms with Crippen LogP contribution in [0.4, 0.5) is 0 Å². The number of aromatic amines is 1. The number of H-pyrrole nitrogens is 1. The van der Waals surface area contributed by atoms with E-state index in [1.54, 1.807) is 13.8 Å². The predicted octanol–water partition coefficient (Wildman–Crippen LogP) is 1.77. The molecule has 0 bridgehead atoms. The molecule has 2 atom stereocenters. The lowest BCUT2D eigenvalue weighted by Gasteiger charge is -2.23. The molecule has 9 heteroatoms. The largest absolute Gasteiger partial charge is 0.462 e. The van der Waals surface area contributed by atoms with E-state index in [0.717, 1.165) is 22.7 Å². The zero-order chi connectivity index (χ0) is 22.8. The van der Waals surface area contributed by atoms with Crippen molar-refractivity contribution in [3.8, 4) is 0 Å². The smallest absolute Gasteiger partial charge is 0.323 e. The van der Waals surface area contributed by atoms with Crippen molar-refractivity contribution in [2.24, 2.45) is 0 Å². The Morgan fingerprint density at radius 2 is 2.00 bits per heavy atom. The van der Waals surface area contributed by atoms with Gasteiger partial charge in [0.25, 0.3) is 0 Å². The van der Waals surface area contributed by atoms with Gasteiger partial charge in [0.1, 0.15) is 6.04 Å². The fraction of sp³-hybridized carbons (Fsp3) is 0.455. The molecule has 0 aliphatic carbocycles. The Balaban J connectivity index is 2.10. The zero-order valence-corrected chi connectivity index (χ0v) is 18.1. The predicted molar refractivity (Wildman–Crippen MR) is 117 cm³/mol. The third kappa shape index (κ3) is 7.81. The molecule has 1 aromatic heterocycles. The topological polar surface area (TPSA) is 137 Å². The monoisotopic (exact) mass is 427 g/mol. The van der Waals surface area contributed by atoms with Gasteiger partial charge in [0.05, 0.1) is 6.10 Å². The van der Waals surface area contributed by atoms with Crippen LogP contribution in [0.25, 0.3) is 16.4 Å². The van der Waals surface area contributed by atoms with Gasteiger partial charge in [-0.1, -0.05) is 18.2 Å². The molecule has 2 aromatic rings. The Morgan fingerprint density at radius 1 is 1.26 bits per heavy atom. The SMILES string of the molecule is CC(=O)N[C@H](CN[C@@H](CCC(=O)C=[N+]=[N-])C(=O)OC(C)C)Cc1c[nH]c2ccccc12. The highest BCUT2D eigenvalue weighted by molar-refractivity contribution is 6.25. The number of carbonyl (C=O) groups excluding carboxylic acids is 3. The summed E-state index contributed by atoms with van der Waals surface area (Å²) in [7, 11) is 0. The molecule has 31 heavy (non-hydrogen) atoms. The van der Waals surface area contributed by atoms with Gasteiger partial charge >= 0.3 is 12.2 Å². The zero-order valence-electron chi connectivity index (χ0n) is 18.1. The van der Waals surface area contributed by atoms with E-state index < -0.39 is 17.8 Å². The minimum atomic E-state index is -0.738. The Labute approximate surface area is 181 Å². The summed E-state index contributed by atoms with van der Waals surface area (Å²) >= 11 is 0. The number of amides is 1. The number of hydrogen-bond donors (Lipinski definition) is 3. The molecule has 0 spiro atoms. The maximum Gasteiger partial charge on any atom is 0.323 e. The molecule has 2 rings (SSSR count). The van der Waals surface area contributed by atoms with Crippen LogP contribution in [0.1, 0.15) is 39.2 Å². The second kappa shape index (κ2) is 11.8. The molecule has 9 nitrogen and oxygen atoms in total. The highest BCUT2D eigenvalue weighted by Gasteiger charge is 2.24. The minimum absolute atomic E-state index is 0.0160. The number of nitrogens with one attached hydrogen (secondary N) is 3. The minimum Gasteiger partial charge on any atom is -0.462 e. The number of rotatable bonds is 12. The summed E-state index contributed by atoms with van der Waals surface area (Å²) in [6, 6.07) is 6.88. The molecule has 166 valence electrons. The number of ketones is 1. The van der Waals surface area contributed by atoms with Crippen LogP contribution >= 0.6 is 0 Å². The second-order valence-electron chi connectivity index (χ2n) is 7.66. The van der Waals surface area contributed by atoms with E-state index in [0.29, 0.717) is 13.0 Å². The van der Waals surface area contributed by atoms with Crippen molar-refractivity contribution >= 4 is 34.8 Å². The number of ether oxygens (including phenoxy) is 1. The molecule has 1 amide bonds. The second-order valence-corrected chi connectivity index (χ2v) is 7.66. The van der Waals surface area contributed by atoms with E-state index >= 15 is 0 Å². The lowest BCUT2D eigenvalue weighted by molar-refractivity contribution is -0.150. The first-order valence-corrected chi connectivity index (χ1v) is 10.3. The lowest BCUT2D eigenvalue weighted by atomic mass is 10.0. The molecule has 3 N–H and O–H groups in total. The maximum atomic E-state index is 12.5. The van der Waals surface area contributed by atoms with Crippen LogP contribution in [0, 0.1) is 0 Å². The van der Waals surface area contributed by atoms with Gasteiger partial charge in [-0.2, -0.15) is 4.79 Å². The van der Waals surface area contributed by atoms with Crippen LogP contribution < -0.4 is 10.6 Å². The van der Waals surface area contributed by atoms with E-state index in [4.69, 9.17) is 10.3 Å². The molecule has 0 unspecified atom stereocenters. The third-order valence-electron chi connectivity index (χ3n) is 4.68. The van der Waals surface area contributed by atoms with Crippen molar-refractivity contribution in [1.82, 2.24) is 15.6 Å². The van der Waals surface area contributed by atoms with E-state index in [-0.39, 0.29) is 30.9 Å². The number of fused-ring (bicyclic) bond motifs is 1. The highest BCUT2D eigenvalue weighted by Crippen LogP contribution is 2.19. The Kier molecular flexibility index (Phi) is 9.12. The molecule has 0 aliphatic heterocycles. The van der Waals surface area contributed by atoms with Gasteiger partial charge in [-0.15, -0.1) is 0 Å². The number of Topliss-reactive ketones (excluding diaryl/α,β-unsaturated/α-hetero) is 1. The Hall–Kier alpha value is -3.29. The summed E-state index contributed by atoms with van der Waals surface area (Å²) in [5.41, 5.74) is 10.5. The Morgan fingerprint density at radius 3 is 2.68 bits per heavy atom. The number of esters is 1. The van der Waals surface area contributed by atoms with E-state index in [2.05, 4.69) is 20.4 Å². The lowest BCUT2D eigenvalue weighted by Crippen LogP contribution is -2.48. The molecular weight excluding hydrogens is 398 g/mol. The number of carbonyl (C=O) groups is 3. The fourth-order valence-electron chi connectivity index (χ4n) is 3.35. The van der Waals surface area contributed by atoms with Crippen molar-refractivity contribution in [2.45, 2.75) is 58.2 Å². The van der Waals surface area contributed by atoms with Gasteiger partial charge in [0, 0.05) is 43.0 Å². The molecule has 0 saturated heterocycles. The first kappa shape index (κ1) is 24.0. The van der Waals surface area contributed by atoms with Crippen LogP contribution in [0.2, 0.25) is 0 Å². The number of benzene rings is 1. The molecule has 0 saturated carbocycles. The van der Waals surface area contributed by atoms with Crippen molar-refractivity contribution in [3.63, 3.8) is 0 Å². The van der Waals surface area contributed by atoms with Crippen LogP contribution in [-0.4, -0.2) is 58.4 Å². The van der Waals surface area contributed by atoms with Gasteiger partial charge in [-0.05, 0) is 38.3 Å². The van der Waals surface area contributed by atoms with Crippen LogP contribution in [0.5, 0.6) is 0 Å². The van der Waals surface area contributed by atoms with Crippen molar-refractivity contribution in [2.75, 3.05) is 6.54 Å². The van der Waals surface area contributed by atoms with Crippen LogP contribution in [0.15, 0.2) is 30.5 Å². The standard InChI is InChI=1S/C22H29N5O4/c1-14(2)31-22(30)21(9-8-18(29)13-26-23)25-12-17(27-15(3)28)10-16-11-24-20-7-5-4-6-19(16)20/h4-7,11,13-14,17,21,24-25H,8-10,12H2,1-3H3,(H,27,28)/t17-,21-/m0/s1. The molecule has 0 aliphatic rings. The van der Waals surface area contributed by atoms with Gasteiger partial charge in [0.2, 0.25) is 11.7 Å². The highest BCUT2D eigenvalue weighted by atomic mass is 16.5. The van der Waals surface area contributed by atoms with E-state index in [9.17, 15) is 14.4 Å². The number of hydrogen-bond acceptors (Lipinski definition) is 5. The van der Waals surface area contributed by atoms with Crippen molar-refractivity contribution in [1.29, 1.82) is 0 Å². The normalized spacial score (nSPS) is 12.8. The number of aromatic nitrogens is 1. The summed E-state index contributed by atoms with van der Waals surface area (Å²) in [6.45, 7) is 5.24. The first-order valence-electron chi connectivity index (χ1n) is 10.3. The van der Waals surface area contributed by atoms with E-state index in [1.807, 2.05) is 30.5 Å². The summed E-state index contributed by atoms with van der Waals surface area (Å²) in [5, 5.41) is 7.12. The Bertz CT molecular complexity index is 962. The summed E-state index contributed by atoms with van der Waals surface area (Å²) in [5.74, 6) is -1.05. The molecular formula is C22H29N5O4. The van der Waals surface area contributed by atoms with Crippen molar-refractivity contribution < 1.29 is 23.9 Å². The first-order chi connectivity index (χ1) is 14.8. The van der Waals surface area contributed by atoms with Crippen molar-refractivity contribution in [3.05, 3.63) is 41.6 Å². The van der Waals surface area contributed by atoms with Crippen LogP contribution in [-0.2, 0) is 25.5 Å². The van der Waals surface area contributed by atoms with Crippen LogP contribution in [0.3, 0.4) is 0 Å². The van der Waals surface area contributed by atoms with Gasteiger partial charge < -0.3 is 25.9 Å². The molecule has 0 radical (unpaired) electrons. The summed E-state index contributed by atoms with van der Waals surface area (Å²) in [4.78, 5) is 41.8. The third-order valence-corrected chi connectivity index (χ3v) is 4.68. The van der Waals surface area contributed by atoms with Gasteiger partial charge in [-0.3, -0.25) is 14.4 Å². The average molecular weight is 428 g/mol. The fourth-order valence-corrected chi connectivity index (χ4v) is 3.35. The molecule has 0 fully saturated rings. The maximum absolute atomic E-state index is 12.5. The molecule has 1 heterocycles. The number of nitrogens with zero attached hydrogens (tertiary/aromatic N) is 2. The van der Waals surface area contributed by atoms with E-state index in [1.165, 1.54) is 6.92 Å². The van der Waals surface area contributed by atoms with Gasteiger partial charge in [0.15, 0.2) is 0 Å². The summed E-state index contributed by atoms with van der Waals surface area (Å²) < 4.78 is 5.29. The quantitative estimate of drug-likeness (QED) is 0.205. The number of para-hydroxylation sites is 1.